The van der Waals surface area contributed by atoms with Gasteiger partial charge in [-0.1, -0.05) is 71.9 Å². The molecule has 39 heavy (non-hydrogen) atoms. The molecule has 1 atom stereocenters. The van der Waals surface area contributed by atoms with E-state index in [4.69, 9.17) is 21.4 Å². The average molecular weight is 556 g/mol. The molecule has 1 unspecified atom stereocenters. The molecule has 1 fully saturated rings. The molecule has 9 heteroatoms. The van der Waals surface area contributed by atoms with Gasteiger partial charge in [0.2, 0.25) is 5.91 Å². The number of aromatic nitrogens is 2. The van der Waals surface area contributed by atoms with Gasteiger partial charge in [-0.25, -0.2) is 4.68 Å². The number of amides is 1. The van der Waals surface area contributed by atoms with Gasteiger partial charge in [-0.15, -0.1) is 11.7 Å². The molecule has 196 valence electrons. The van der Waals surface area contributed by atoms with Crippen molar-refractivity contribution in [3.05, 3.63) is 114 Å². The Morgan fingerprint density at radius 1 is 1.08 bits per heavy atom. The molecule has 0 N–H and O–H groups in total. The highest BCUT2D eigenvalue weighted by molar-refractivity contribution is 8.15. The number of rotatable bonds is 9. The number of benzene rings is 3. The van der Waals surface area contributed by atoms with Gasteiger partial charge >= 0.3 is 0 Å². The molecular weight excluding hydrogens is 530 g/mol. The third kappa shape index (κ3) is 6.13. The van der Waals surface area contributed by atoms with E-state index in [1.807, 2.05) is 85.1 Å². The minimum atomic E-state index is -0.294. The molecule has 0 radical (unpaired) electrons. The molecule has 0 spiro atoms. The Hall–Kier alpha value is -4.14. The first-order valence-electron chi connectivity index (χ1n) is 12.3. The minimum Gasteiger partial charge on any atom is -0.497 e. The lowest BCUT2D eigenvalue weighted by atomic mass is 10.1. The van der Waals surface area contributed by atoms with E-state index in [0.717, 1.165) is 33.8 Å². The van der Waals surface area contributed by atoms with Crippen molar-refractivity contribution in [2.24, 2.45) is 10.2 Å². The number of ether oxygens (including phenoxy) is 1. The van der Waals surface area contributed by atoms with Crippen LogP contribution in [0.4, 0.5) is 0 Å². The predicted molar refractivity (Wildman–Crippen MR) is 159 cm³/mol. The predicted octanol–water partition coefficient (Wildman–Crippen LogP) is 6.26. The summed E-state index contributed by atoms with van der Waals surface area (Å²) in [5, 5.41) is 14.5. The number of amidine groups is 1. The highest BCUT2D eigenvalue weighted by atomic mass is 35.5. The second-order valence-electron chi connectivity index (χ2n) is 8.74. The van der Waals surface area contributed by atoms with Gasteiger partial charge in [-0.3, -0.25) is 9.69 Å². The van der Waals surface area contributed by atoms with Gasteiger partial charge < -0.3 is 4.74 Å². The summed E-state index contributed by atoms with van der Waals surface area (Å²) >= 11 is 7.52. The molecule has 3 aromatic carbocycles. The van der Waals surface area contributed by atoms with Crippen LogP contribution in [-0.2, 0) is 11.2 Å². The van der Waals surface area contributed by atoms with Crippen molar-refractivity contribution in [3.63, 3.8) is 0 Å². The molecular formula is C30H26ClN5O2S. The monoisotopic (exact) mass is 555 g/mol. The number of para-hydroxylation sites is 1. The summed E-state index contributed by atoms with van der Waals surface area (Å²) in [4.78, 5) is 14.8. The van der Waals surface area contributed by atoms with Crippen molar-refractivity contribution in [3.8, 4) is 22.7 Å². The van der Waals surface area contributed by atoms with Crippen LogP contribution < -0.4 is 4.74 Å². The zero-order valence-electron chi connectivity index (χ0n) is 21.3. The summed E-state index contributed by atoms with van der Waals surface area (Å²) in [6.07, 6.45) is 5.84. The lowest BCUT2D eigenvalue weighted by Crippen LogP contribution is -2.32. The summed E-state index contributed by atoms with van der Waals surface area (Å²) in [6.45, 7) is 4.16. The number of nitrogens with zero attached hydrogens (tertiary/aromatic N) is 5. The van der Waals surface area contributed by atoms with E-state index in [1.165, 1.54) is 11.8 Å². The average Bonchev–Trinajstić information content (AvgIpc) is 3.52. The number of carbonyl (C=O) groups is 1. The molecule has 1 saturated heterocycles. The van der Waals surface area contributed by atoms with Crippen LogP contribution in [0.25, 0.3) is 16.9 Å². The van der Waals surface area contributed by atoms with E-state index in [1.54, 1.807) is 29.0 Å². The van der Waals surface area contributed by atoms with Gasteiger partial charge in [-0.05, 0) is 48.4 Å². The van der Waals surface area contributed by atoms with Crippen molar-refractivity contribution < 1.29 is 9.53 Å². The van der Waals surface area contributed by atoms with Crippen LogP contribution >= 0.6 is 23.4 Å². The molecule has 2 heterocycles. The van der Waals surface area contributed by atoms with Gasteiger partial charge in [0.15, 0.2) is 5.17 Å². The van der Waals surface area contributed by atoms with Crippen LogP contribution in [0.15, 0.2) is 108 Å². The highest BCUT2D eigenvalue weighted by Gasteiger charge is 2.37. The van der Waals surface area contributed by atoms with E-state index < -0.39 is 0 Å². The summed E-state index contributed by atoms with van der Waals surface area (Å²) in [7, 11) is 1.63. The van der Waals surface area contributed by atoms with Gasteiger partial charge in [0.1, 0.15) is 11.4 Å². The quantitative estimate of drug-likeness (QED) is 0.139. The maximum absolute atomic E-state index is 13.2. The van der Waals surface area contributed by atoms with Gasteiger partial charge in [0, 0.05) is 28.9 Å². The van der Waals surface area contributed by atoms with Crippen LogP contribution in [0.5, 0.6) is 5.75 Å². The number of hydrogen-bond donors (Lipinski definition) is 0. The molecule has 4 aromatic rings. The maximum Gasteiger partial charge on any atom is 0.242 e. The largest absolute Gasteiger partial charge is 0.497 e. The molecule has 1 aromatic heterocycles. The number of halogens is 1. The first kappa shape index (κ1) is 26.5. The van der Waals surface area contributed by atoms with E-state index >= 15 is 0 Å². The fraction of sp³-hybridized carbons (Fsp3) is 0.133. The SMILES string of the molecule is C=CCN1C(=O)C(Cc2ccc(OC)cc2)SC1=NN=Cc1cn(-c2ccccc2)nc1-c1ccc(Cl)cc1. The Morgan fingerprint density at radius 2 is 1.82 bits per heavy atom. The Balaban J connectivity index is 1.42. The Labute approximate surface area is 236 Å². The second kappa shape index (κ2) is 12.1. The maximum atomic E-state index is 13.2. The fourth-order valence-corrected chi connectivity index (χ4v) is 5.43. The molecule has 0 saturated carbocycles. The minimum absolute atomic E-state index is 0.0107. The third-order valence-electron chi connectivity index (χ3n) is 6.13. The molecule has 1 aliphatic heterocycles. The fourth-order valence-electron chi connectivity index (χ4n) is 4.16. The van der Waals surface area contributed by atoms with Crippen LogP contribution in [0.3, 0.4) is 0 Å². The molecule has 0 aliphatic carbocycles. The first-order chi connectivity index (χ1) is 19.1. The summed E-state index contributed by atoms with van der Waals surface area (Å²) in [6, 6.07) is 25.1. The topological polar surface area (TPSA) is 72.1 Å². The Bertz CT molecular complexity index is 1520. The molecule has 7 nitrogen and oxygen atoms in total. The second-order valence-corrected chi connectivity index (χ2v) is 10.3. The van der Waals surface area contributed by atoms with Crippen molar-refractivity contribution >= 4 is 40.7 Å². The Morgan fingerprint density at radius 3 is 2.51 bits per heavy atom. The molecule has 0 bridgehead atoms. The zero-order valence-corrected chi connectivity index (χ0v) is 22.8. The normalized spacial score (nSPS) is 16.4. The zero-order chi connectivity index (χ0) is 27.2. The van der Waals surface area contributed by atoms with Crippen molar-refractivity contribution in [1.82, 2.24) is 14.7 Å². The summed E-state index contributed by atoms with van der Waals surface area (Å²) in [5.41, 5.74) is 4.40. The smallest absolute Gasteiger partial charge is 0.242 e. The molecule has 1 aliphatic rings. The summed E-state index contributed by atoms with van der Waals surface area (Å²) < 4.78 is 7.04. The van der Waals surface area contributed by atoms with E-state index in [0.29, 0.717) is 23.2 Å². The van der Waals surface area contributed by atoms with Crippen LogP contribution in [0, 0.1) is 0 Å². The van der Waals surface area contributed by atoms with E-state index in [2.05, 4.69) is 16.8 Å². The van der Waals surface area contributed by atoms with E-state index in [-0.39, 0.29) is 11.2 Å². The molecule has 1 amide bonds. The lowest BCUT2D eigenvalue weighted by Gasteiger charge is -2.13. The van der Waals surface area contributed by atoms with Crippen LogP contribution in [-0.4, -0.2) is 50.9 Å². The van der Waals surface area contributed by atoms with Gasteiger partial charge in [0.25, 0.3) is 0 Å². The Kier molecular flexibility index (Phi) is 8.24. The van der Waals surface area contributed by atoms with Gasteiger partial charge in [0.05, 0.1) is 24.3 Å². The lowest BCUT2D eigenvalue weighted by molar-refractivity contribution is -0.125. The van der Waals surface area contributed by atoms with Crippen molar-refractivity contribution in [1.29, 1.82) is 0 Å². The van der Waals surface area contributed by atoms with Crippen LogP contribution in [0.1, 0.15) is 11.1 Å². The van der Waals surface area contributed by atoms with Gasteiger partial charge in [-0.2, -0.15) is 10.2 Å². The summed E-state index contributed by atoms with van der Waals surface area (Å²) in [5.74, 6) is 0.769. The van der Waals surface area contributed by atoms with E-state index in [9.17, 15) is 4.79 Å². The number of thioether (sulfide) groups is 1. The number of hydrogen-bond acceptors (Lipinski definition) is 6. The van der Waals surface area contributed by atoms with Crippen molar-refractivity contribution in [2.45, 2.75) is 11.7 Å². The highest BCUT2D eigenvalue weighted by Crippen LogP contribution is 2.31. The first-order valence-corrected chi connectivity index (χ1v) is 13.6. The molecule has 5 rings (SSSR count). The van der Waals surface area contributed by atoms with Crippen molar-refractivity contribution in [2.75, 3.05) is 13.7 Å². The van der Waals surface area contributed by atoms with Crippen LogP contribution in [0.2, 0.25) is 5.02 Å². The number of methoxy groups -OCH3 is 1. The number of carbonyl (C=O) groups excluding carboxylic acids is 1. The third-order valence-corrected chi connectivity index (χ3v) is 7.55. The standard InChI is InChI=1S/C30H26ClN5O2S/c1-3-17-35-29(37)27(18-21-9-15-26(38-2)16-10-21)39-30(35)33-32-19-23-20-36(25-7-5-4-6-8-25)34-28(23)22-11-13-24(31)14-12-22/h3-16,19-20,27H,1,17-18H2,2H3.